The van der Waals surface area contributed by atoms with Crippen LogP contribution >= 0.6 is 11.6 Å². The van der Waals surface area contributed by atoms with Crippen LogP contribution < -0.4 is 9.47 Å². The molecule has 0 saturated carbocycles. The first-order valence-corrected chi connectivity index (χ1v) is 5.79. The number of halogens is 1. The number of ether oxygens (including phenoxy) is 2. The first-order valence-electron chi connectivity index (χ1n) is 5.41. The van der Waals surface area contributed by atoms with E-state index >= 15 is 0 Å². The molecule has 5 heteroatoms. The molecule has 0 radical (unpaired) electrons. The Balaban J connectivity index is 2.28. The molecule has 0 spiro atoms. The van der Waals surface area contributed by atoms with Crippen LogP contribution in [0.2, 0.25) is 5.02 Å². The van der Waals surface area contributed by atoms with E-state index in [0.717, 1.165) is 16.1 Å². The van der Waals surface area contributed by atoms with E-state index in [1.54, 1.807) is 13.2 Å². The second-order valence-corrected chi connectivity index (χ2v) is 4.28. The Bertz CT molecular complexity index is 550. The van der Waals surface area contributed by atoms with Crippen LogP contribution in [0.15, 0.2) is 24.4 Å². The van der Waals surface area contributed by atoms with Crippen molar-refractivity contribution in [2.45, 2.75) is 13.8 Å². The Labute approximate surface area is 111 Å². The molecule has 94 valence electrons. The molecule has 0 fully saturated rings. The Morgan fingerprint density at radius 3 is 2.33 bits per heavy atom. The number of methoxy groups -OCH3 is 1. The fraction of sp³-hybridized carbons (Fsp3) is 0.231. The third kappa shape index (κ3) is 2.71. The van der Waals surface area contributed by atoms with Gasteiger partial charge in [0.15, 0.2) is 0 Å². The van der Waals surface area contributed by atoms with E-state index in [-0.39, 0.29) is 0 Å². The Hall–Kier alpha value is -1.81. The minimum absolute atomic E-state index is 0.385. The van der Waals surface area contributed by atoms with Crippen molar-refractivity contribution in [3.8, 4) is 17.4 Å². The van der Waals surface area contributed by atoms with Gasteiger partial charge in [-0.15, -0.1) is 5.10 Å². The van der Waals surface area contributed by atoms with E-state index < -0.39 is 0 Å². The second-order valence-electron chi connectivity index (χ2n) is 3.91. The van der Waals surface area contributed by atoms with E-state index in [9.17, 15) is 0 Å². The Morgan fingerprint density at radius 1 is 1.06 bits per heavy atom. The zero-order chi connectivity index (χ0) is 13.1. The van der Waals surface area contributed by atoms with Crippen LogP contribution in [0.25, 0.3) is 0 Å². The summed E-state index contributed by atoms with van der Waals surface area (Å²) in [6, 6.07) is 5.39. The van der Waals surface area contributed by atoms with Crippen molar-refractivity contribution in [2.75, 3.05) is 7.11 Å². The summed E-state index contributed by atoms with van der Waals surface area (Å²) in [4.78, 5) is 0. The highest BCUT2D eigenvalue weighted by molar-refractivity contribution is 6.32. The summed E-state index contributed by atoms with van der Waals surface area (Å²) >= 11 is 6.10. The summed E-state index contributed by atoms with van der Waals surface area (Å²) in [6.07, 6.45) is 1.52. The average Bonchev–Trinajstić information content (AvgIpc) is 2.36. The van der Waals surface area contributed by atoms with Gasteiger partial charge in [0.1, 0.15) is 11.5 Å². The van der Waals surface area contributed by atoms with Crippen LogP contribution in [0.4, 0.5) is 0 Å². The molecule has 18 heavy (non-hydrogen) atoms. The van der Waals surface area contributed by atoms with Crippen molar-refractivity contribution in [1.29, 1.82) is 0 Å². The maximum Gasteiger partial charge on any atom is 0.242 e. The molecular formula is C13H13ClN2O2. The maximum atomic E-state index is 6.10. The van der Waals surface area contributed by atoms with Crippen LogP contribution in [0.3, 0.4) is 0 Å². The van der Waals surface area contributed by atoms with E-state index in [1.165, 1.54) is 6.20 Å². The van der Waals surface area contributed by atoms with Crippen LogP contribution in [0.1, 0.15) is 11.1 Å². The van der Waals surface area contributed by atoms with Crippen molar-refractivity contribution >= 4 is 11.6 Å². The van der Waals surface area contributed by atoms with Gasteiger partial charge in [0.05, 0.1) is 13.3 Å². The molecule has 0 unspecified atom stereocenters. The number of aryl methyl sites for hydroxylation is 2. The molecule has 0 saturated heterocycles. The lowest BCUT2D eigenvalue weighted by Crippen LogP contribution is -1.93. The van der Waals surface area contributed by atoms with Gasteiger partial charge in [0.2, 0.25) is 5.88 Å². The van der Waals surface area contributed by atoms with Crippen molar-refractivity contribution < 1.29 is 9.47 Å². The molecule has 4 nitrogen and oxygen atoms in total. The highest BCUT2D eigenvalue weighted by Crippen LogP contribution is 2.29. The van der Waals surface area contributed by atoms with Crippen molar-refractivity contribution in [3.63, 3.8) is 0 Å². The summed E-state index contributed by atoms with van der Waals surface area (Å²) in [5.41, 5.74) is 1.92. The van der Waals surface area contributed by atoms with Gasteiger partial charge in [0, 0.05) is 11.1 Å². The fourth-order valence-corrected chi connectivity index (χ4v) is 1.69. The molecule has 2 aromatic rings. The maximum absolute atomic E-state index is 6.10. The number of aromatic nitrogens is 2. The van der Waals surface area contributed by atoms with Crippen LogP contribution in [0.5, 0.6) is 17.4 Å². The van der Waals surface area contributed by atoms with Gasteiger partial charge in [-0.25, -0.2) is 0 Å². The van der Waals surface area contributed by atoms with Gasteiger partial charge in [0.25, 0.3) is 0 Å². The lowest BCUT2D eigenvalue weighted by molar-refractivity contribution is 0.399. The van der Waals surface area contributed by atoms with Crippen molar-refractivity contribution in [3.05, 3.63) is 40.5 Å². The Kier molecular flexibility index (Phi) is 3.67. The third-order valence-corrected chi connectivity index (χ3v) is 3.07. The van der Waals surface area contributed by atoms with E-state index in [0.29, 0.717) is 17.4 Å². The highest BCUT2D eigenvalue weighted by atomic mass is 35.5. The predicted octanol–water partition coefficient (Wildman–Crippen LogP) is 3.55. The quantitative estimate of drug-likeness (QED) is 0.850. The zero-order valence-corrected chi connectivity index (χ0v) is 11.2. The standard InChI is InChI=1S/C13H13ClN2O2/c1-8-4-10(5-9(2)13(8)14)18-12-6-11(17-3)7-15-16-12/h4-7H,1-3H3. The summed E-state index contributed by atoms with van der Waals surface area (Å²) in [6.45, 7) is 3.86. The molecular weight excluding hydrogens is 252 g/mol. The SMILES string of the molecule is COc1cnnc(Oc2cc(C)c(Cl)c(C)c2)c1. The van der Waals surface area contributed by atoms with Crippen LogP contribution in [0, 0.1) is 13.8 Å². The van der Waals surface area contributed by atoms with E-state index in [4.69, 9.17) is 21.1 Å². The fourth-order valence-electron chi connectivity index (χ4n) is 1.58. The van der Waals surface area contributed by atoms with Gasteiger partial charge in [-0.05, 0) is 37.1 Å². The van der Waals surface area contributed by atoms with Gasteiger partial charge < -0.3 is 9.47 Å². The van der Waals surface area contributed by atoms with Gasteiger partial charge >= 0.3 is 0 Å². The zero-order valence-electron chi connectivity index (χ0n) is 10.4. The molecule has 0 amide bonds. The van der Waals surface area contributed by atoms with Crippen molar-refractivity contribution in [1.82, 2.24) is 10.2 Å². The number of hydrogen-bond donors (Lipinski definition) is 0. The smallest absolute Gasteiger partial charge is 0.242 e. The first-order chi connectivity index (χ1) is 8.60. The highest BCUT2D eigenvalue weighted by Gasteiger charge is 2.06. The average molecular weight is 265 g/mol. The van der Waals surface area contributed by atoms with E-state index in [2.05, 4.69) is 10.2 Å². The lowest BCUT2D eigenvalue weighted by atomic mass is 10.1. The first kappa shape index (κ1) is 12.6. The van der Waals surface area contributed by atoms with Crippen LogP contribution in [-0.2, 0) is 0 Å². The van der Waals surface area contributed by atoms with Crippen LogP contribution in [-0.4, -0.2) is 17.3 Å². The number of benzene rings is 1. The summed E-state index contributed by atoms with van der Waals surface area (Å²) in [5.74, 6) is 1.66. The molecule has 0 atom stereocenters. The van der Waals surface area contributed by atoms with E-state index in [1.807, 2.05) is 26.0 Å². The topological polar surface area (TPSA) is 44.2 Å². The minimum atomic E-state index is 0.385. The summed E-state index contributed by atoms with van der Waals surface area (Å²) in [5, 5.41) is 8.42. The van der Waals surface area contributed by atoms with Gasteiger partial charge in [-0.3, -0.25) is 0 Å². The molecule has 2 rings (SSSR count). The number of nitrogens with zero attached hydrogens (tertiary/aromatic N) is 2. The number of hydrogen-bond acceptors (Lipinski definition) is 4. The minimum Gasteiger partial charge on any atom is -0.495 e. The van der Waals surface area contributed by atoms with Gasteiger partial charge in [-0.1, -0.05) is 11.6 Å². The molecule has 1 aromatic carbocycles. The summed E-state index contributed by atoms with van der Waals surface area (Å²) in [7, 11) is 1.57. The molecule has 0 aliphatic rings. The lowest BCUT2D eigenvalue weighted by Gasteiger charge is -2.09. The summed E-state index contributed by atoms with van der Waals surface area (Å²) < 4.78 is 10.7. The normalized spacial score (nSPS) is 10.2. The second kappa shape index (κ2) is 5.23. The molecule has 0 aliphatic carbocycles. The largest absolute Gasteiger partial charge is 0.495 e. The molecule has 0 aliphatic heterocycles. The molecule has 0 N–H and O–H groups in total. The Morgan fingerprint density at radius 2 is 1.72 bits per heavy atom. The number of rotatable bonds is 3. The molecule has 1 aromatic heterocycles. The molecule has 1 heterocycles. The molecule has 0 bridgehead atoms. The monoisotopic (exact) mass is 264 g/mol. The third-order valence-electron chi connectivity index (χ3n) is 2.48. The van der Waals surface area contributed by atoms with Crippen molar-refractivity contribution in [2.24, 2.45) is 0 Å². The predicted molar refractivity (Wildman–Crippen MR) is 69.6 cm³/mol. The van der Waals surface area contributed by atoms with Gasteiger partial charge in [-0.2, -0.15) is 5.10 Å².